The average Bonchev–Trinajstić information content (AvgIpc) is 3.61. The standard InChI is InChI=1S/C26H23N9/c1-17-28-21-13-12-20(14-23(21)29-17)35-26(18-15-27-34(16-18)19-8-5-4-6-9-19)31-25(32-35)22-10-7-11-24(30-22)33(2)3/h4-16H,1-3H3,(H,28,29). The maximum Gasteiger partial charge on any atom is 0.200 e. The van der Waals surface area contributed by atoms with Gasteiger partial charge in [-0.15, -0.1) is 5.10 Å². The highest BCUT2D eigenvalue weighted by Crippen LogP contribution is 2.27. The number of aromatic nitrogens is 8. The summed E-state index contributed by atoms with van der Waals surface area (Å²) < 4.78 is 3.67. The summed E-state index contributed by atoms with van der Waals surface area (Å²) in [6.07, 6.45) is 3.77. The number of aryl methyl sites for hydroxylation is 1. The average molecular weight is 462 g/mol. The molecule has 0 fully saturated rings. The maximum atomic E-state index is 4.91. The van der Waals surface area contributed by atoms with Crippen molar-refractivity contribution in [2.45, 2.75) is 6.92 Å². The van der Waals surface area contributed by atoms with E-state index in [1.165, 1.54) is 0 Å². The second-order valence-corrected chi connectivity index (χ2v) is 8.48. The SMILES string of the molecule is Cc1nc2ccc(-n3nc(-c4cccc(N(C)C)n4)nc3-c3cnn(-c4ccccc4)c3)cc2[nH]1. The Morgan fingerprint density at radius 2 is 1.71 bits per heavy atom. The molecule has 0 radical (unpaired) electrons. The second-order valence-electron chi connectivity index (χ2n) is 8.48. The minimum atomic E-state index is 0.539. The van der Waals surface area contributed by atoms with Crippen LogP contribution in [0.1, 0.15) is 5.82 Å². The Labute approximate surface area is 201 Å². The Balaban J connectivity index is 1.51. The molecular weight excluding hydrogens is 438 g/mol. The zero-order valence-electron chi connectivity index (χ0n) is 19.6. The van der Waals surface area contributed by atoms with Gasteiger partial charge in [-0.3, -0.25) is 0 Å². The van der Waals surface area contributed by atoms with Crippen molar-refractivity contribution < 1.29 is 0 Å². The van der Waals surface area contributed by atoms with Crippen LogP contribution in [0.2, 0.25) is 0 Å². The number of rotatable bonds is 5. The highest BCUT2D eigenvalue weighted by molar-refractivity contribution is 5.78. The largest absolute Gasteiger partial charge is 0.363 e. The van der Waals surface area contributed by atoms with Crippen molar-refractivity contribution in [2.75, 3.05) is 19.0 Å². The summed E-state index contributed by atoms with van der Waals surface area (Å²) in [6, 6.07) is 21.8. The Morgan fingerprint density at radius 3 is 2.54 bits per heavy atom. The molecule has 0 aliphatic heterocycles. The summed E-state index contributed by atoms with van der Waals surface area (Å²) >= 11 is 0. The van der Waals surface area contributed by atoms with Crippen LogP contribution >= 0.6 is 0 Å². The van der Waals surface area contributed by atoms with Gasteiger partial charge >= 0.3 is 0 Å². The molecule has 0 aliphatic rings. The number of benzene rings is 2. The number of para-hydroxylation sites is 1. The first kappa shape index (κ1) is 20.8. The van der Waals surface area contributed by atoms with Crippen LogP contribution < -0.4 is 4.90 Å². The molecule has 0 saturated carbocycles. The number of pyridine rings is 1. The van der Waals surface area contributed by atoms with Crippen LogP contribution in [0.25, 0.3) is 45.3 Å². The van der Waals surface area contributed by atoms with E-state index < -0.39 is 0 Å². The van der Waals surface area contributed by atoms with E-state index in [4.69, 9.17) is 15.1 Å². The highest BCUT2D eigenvalue weighted by Gasteiger charge is 2.19. The third-order valence-corrected chi connectivity index (χ3v) is 5.72. The van der Waals surface area contributed by atoms with Crippen molar-refractivity contribution in [1.82, 2.24) is 39.5 Å². The van der Waals surface area contributed by atoms with Crippen LogP contribution in [-0.2, 0) is 0 Å². The molecule has 6 aromatic rings. The topological polar surface area (TPSA) is 93.3 Å². The Hall–Kier alpha value is -4.79. The molecule has 2 aromatic carbocycles. The van der Waals surface area contributed by atoms with Crippen LogP contribution in [0, 0.1) is 6.92 Å². The van der Waals surface area contributed by atoms with Crippen molar-refractivity contribution in [3.63, 3.8) is 0 Å². The number of hydrogen-bond acceptors (Lipinski definition) is 6. The molecule has 0 spiro atoms. The van der Waals surface area contributed by atoms with Gasteiger partial charge in [0.05, 0.1) is 34.2 Å². The minimum Gasteiger partial charge on any atom is -0.363 e. The quantitative estimate of drug-likeness (QED) is 0.408. The van der Waals surface area contributed by atoms with Gasteiger partial charge < -0.3 is 9.88 Å². The number of fused-ring (bicyclic) bond motifs is 1. The lowest BCUT2D eigenvalue weighted by Gasteiger charge is -2.10. The summed E-state index contributed by atoms with van der Waals surface area (Å²) in [6.45, 7) is 1.94. The van der Waals surface area contributed by atoms with E-state index in [0.29, 0.717) is 17.3 Å². The van der Waals surface area contributed by atoms with E-state index in [9.17, 15) is 0 Å². The fourth-order valence-corrected chi connectivity index (χ4v) is 4.00. The number of nitrogens with zero attached hydrogens (tertiary/aromatic N) is 8. The van der Waals surface area contributed by atoms with E-state index in [1.807, 2.05) is 108 Å². The molecule has 0 bridgehead atoms. The molecule has 172 valence electrons. The third kappa shape index (κ3) is 3.82. The lowest BCUT2D eigenvalue weighted by molar-refractivity contribution is 0.879. The van der Waals surface area contributed by atoms with Crippen molar-refractivity contribution in [3.05, 3.63) is 84.9 Å². The summed E-state index contributed by atoms with van der Waals surface area (Å²) in [4.78, 5) is 19.4. The fourth-order valence-electron chi connectivity index (χ4n) is 4.00. The van der Waals surface area contributed by atoms with Gasteiger partial charge in [-0.25, -0.2) is 24.3 Å². The van der Waals surface area contributed by atoms with E-state index in [1.54, 1.807) is 6.20 Å². The van der Waals surface area contributed by atoms with Gasteiger partial charge in [0.25, 0.3) is 0 Å². The van der Waals surface area contributed by atoms with E-state index in [0.717, 1.165) is 39.6 Å². The van der Waals surface area contributed by atoms with Gasteiger partial charge in [0.2, 0.25) is 5.82 Å². The van der Waals surface area contributed by atoms with Crippen molar-refractivity contribution >= 4 is 16.9 Å². The molecule has 0 amide bonds. The number of aromatic amines is 1. The van der Waals surface area contributed by atoms with Crippen molar-refractivity contribution in [2.24, 2.45) is 0 Å². The maximum absolute atomic E-state index is 4.91. The molecule has 9 nitrogen and oxygen atoms in total. The van der Waals surface area contributed by atoms with E-state index >= 15 is 0 Å². The van der Waals surface area contributed by atoms with Crippen LogP contribution in [0.4, 0.5) is 5.82 Å². The van der Waals surface area contributed by atoms with Crippen molar-refractivity contribution in [3.8, 4) is 34.3 Å². The molecule has 4 heterocycles. The monoisotopic (exact) mass is 461 g/mol. The molecule has 9 heteroatoms. The molecular formula is C26H23N9. The summed E-state index contributed by atoms with van der Waals surface area (Å²) in [5, 5.41) is 9.44. The van der Waals surface area contributed by atoms with Crippen LogP contribution in [0.5, 0.6) is 0 Å². The molecule has 4 aromatic heterocycles. The zero-order valence-corrected chi connectivity index (χ0v) is 19.6. The molecule has 0 aliphatic carbocycles. The van der Waals surface area contributed by atoms with Crippen LogP contribution in [0.15, 0.2) is 79.1 Å². The molecule has 0 atom stereocenters. The smallest absolute Gasteiger partial charge is 0.200 e. The van der Waals surface area contributed by atoms with E-state index in [-0.39, 0.29) is 0 Å². The molecule has 6 rings (SSSR count). The Bertz CT molecular complexity index is 1640. The first-order valence-electron chi connectivity index (χ1n) is 11.2. The van der Waals surface area contributed by atoms with Crippen molar-refractivity contribution in [1.29, 1.82) is 0 Å². The van der Waals surface area contributed by atoms with Crippen LogP contribution in [0.3, 0.4) is 0 Å². The number of anilines is 1. The second kappa shape index (κ2) is 8.21. The Kier molecular flexibility index (Phi) is 4.88. The number of hydrogen-bond donors (Lipinski definition) is 1. The zero-order chi connectivity index (χ0) is 23.9. The normalized spacial score (nSPS) is 11.3. The summed E-state index contributed by atoms with van der Waals surface area (Å²) in [5.74, 6) is 2.92. The van der Waals surface area contributed by atoms with Gasteiger partial charge in [0.15, 0.2) is 5.82 Å². The number of nitrogens with one attached hydrogen (secondary N) is 1. The summed E-state index contributed by atoms with van der Waals surface area (Å²) in [7, 11) is 3.92. The first-order chi connectivity index (χ1) is 17.0. The van der Waals surface area contributed by atoms with E-state index in [2.05, 4.69) is 15.1 Å². The van der Waals surface area contributed by atoms with Gasteiger partial charge in [0.1, 0.15) is 17.3 Å². The lowest BCUT2D eigenvalue weighted by atomic mass is 10.2. The lowest BCUT2D eigenvalue weighted by Crippen LogP contribution is -2.10. The van der Waals surface area contributed by atoms with Gasteiger partial charge in [-0.1, -0.05) is 24.3 Å². The highest BCUT2D eigenvalue weighted by atomic mass is 15.4. The first-order valence-corrected chi connectivity index (χ1v) is 11.2. The fraction of sp³-hybridized carbons (Fsp3) is 0.115. The number of H-pyrrole nitrogens is 1. The van der Waals surface area contributed by atoms with Gasteiger partial charge in [0, 0.05) is 20.3 Å². The molecule has 35 heavy (non-hydrogen) atoms. The third-order valence-electron chi connectivity index (χ3n) is 5.72. The van der Waals surface area contributed by atoms with Crippen LogP contribution in [-0.4, -0.2) is 53.6 Å². The summed E-state index contributed by atoms with van der Waals surface area (Å²) in [5.41, 5.74) is 5.23. The molecule has 0 saturated heterocycles. The Morgan fingerprint density at radius 1 is 0.857 bits per heavy atom. The predicted octanol–water partition coefficient (Wildman–Crippen LogP) is 4.43. The van der Waals surface area contributed by atoms with Gasteiger partial charge in [-0.05, 0) is 49.4 Å². The molecule has 0 unspecified atom stereocenters. The predicted molar refractivity (Wildman–Crippen MR) is 136 cm³/mol. The molecule has 1 N–H and O–H groups in total. The van der Waals surface area contributed by atoms with Gasteiger partial charge in [-0.2, -0.15) is 5.10 Å². The minimum absolute atomic E-state index is 0.539. The number of imidazole rings is 1.